The second kappa shape index (κ2) is 9.09. The lowest BCUT2D eigenvalue weighted by Gasteiger charge is -2.33. The van der Waals surface area contributed by atoms with E-state index in [1.54, 1.807) is 17.7 Å². The first kappa shape index (κ1) is 22.0. The summed E-state index contributed by atoms with van der Waals surface area (Å²) in [7, 11) is 0. The van der Waals surface area contributed by atoms with Gasteiger partial charge in [-0.15, -0.1) is 23.1 Å². The summed E-state index contributed by atoms with van der Waals surface area (Å²) in [4.78, 5) is 15.6. The summed E-state index contributed by atoms with van der Waals surface area (Å²) in [5.41, 5.74) is 4.76. The Labute approximate surface area is 188 Å². The van der Waals surface area contributed by atoms with Crippen molar-refractivity contribution in [2.75, 3.05) is 5.75 Å². The number of ether oxygens (including phenoxy) is 1. The number of unbranched alkanes of at least 4 members (excludes halogenated alkanes) is 4. The average Bonchev–Trinajstić information content (AvgIpc) is 3.08. The molecular formula is C24H33N3OS2. The van der Waals surface area contributed by atoms with Gasteiger partial charge in [-0.25, -0.2) is 15.0 Å². The third-order valence-corrected chi connectivity index (χ3v) is 8.15. The van der Waals surface area contributed by atoms with Gasteiger partial charge in [-0.2, -0.15) is 0 Å². The maximum atomic E-state index is 6.16. The predicted molar refractivity (Wildman–Crippen MR) is 129 cm³/mol. The molecule has 0 aromatic carbocycles. The van der Waals surface area contributed by atoms with Gasteiger partial charge in [-0.3, -0.25) is 0 Å². The molecule has 3 aromatic heterocycles. The molecule has 162 valence electrons. The van der Waals surface area contributed by atoms with Gasteiger partial charge in [0.1, 0.15) is 16.2 Å². The van der Waals surface area contributed by atoms with Gasteiger partial charge in [-0.1, -0.05) is 46.5 Å². The minimum absolute atomic E-state index is 0.160. The van der Waals surface area contributed by atoms with E-state index in [4.69, 9.17) is 14.7 Å². The average molecular weight is 444 g/mol. The topological polar surface area (TPSA) is 47.9 Å². The number of hydrogen-bond acceptors (Lipinski definition) is 6. The molecule has 0 amide bonds. The number of nitrogens with zero attached hydrogens (tertiary/aromatic N) is 3. The van der Waals surface area contributed by atoms with Gasteiger partial charge in [0.05, 0.1) is 28.1 Å². The summed E-state index contributed by atoms with van der Waals surface area (Å²) in [5, 5.41) is 2.35. The molecule has 0 fully saturated rings. The molecule has 0 N–H and O–H groups in total. The first-order chi connectivity index (χ1) is 14.4. The smallest absolute Gasteiger partial charge is 0.126 e. The van der Waals surface area contributed by atoms with E-state index in [-0.39, 0.29) is 5.60 Å². The number of hydrogen-bond donors (Lipinski definition) is 0. The highest BCUT2D eigenvalue weighted by Gasteiger charge is 2.32. The molecule has 0 radical (unpaired) electrons. The molecule has 0 saturated heterocycles. The Balaban J connectivity index is 1.74. The molecule has 1 aliphatic rings. The van der Waals surface area contributed by atoms with Crippen LogP contribution >= 0.6 is 23.1 Å². The van der Waals surface area contributed by atoms with E-state index in [1.807, 2.05) is 11.8 Å². The van der Waals surface area contributed by atoms with Crippen LogP contribution in [0.3, 0.4) is 0 Å². The predicted octanol–water partition coefficient (Wildman–Crippen LogP) is 7.28. The molecule has 0 saturated carbocycles. The Hall–Kier alpha value is -1.24. The zero-order valence-electron chi connectivity index (χ0n) is 18.9. The van der Waals surface area contributed by atoms with E-state index < -0.39 is 0 Å². The fraction of sp³-hybridized carbons (Fsp3) is 0.625. The summed E-state index contributed by atoms with van der Waals surface area (Å²) in [6.45, 7) is 11.7. The van der Waals surface area contributed by atoms with E-state index in [0.717, 1.165) is 27.5 Å². The normalized spacial score (nSPS) is 15.9. The monoisotopic (exact) mass is 443 g/mol. The number of rotatable bonds is 8. The van der Waals surface area contributed by atoms with Crippen molar-refractivity contribution >= 4 is 43.5 Å². The fourth-order valence-electron chi connectivity index (χ4n) is 4.27. The SMILES string of the molecule is CCCCCCCSc1ncnc2c1sc1nc(C(C)C)c3c(c12)CC(C)(C)OC3. The zero-order valence-corrected chi connectivity index (χ0v) is 20.5. The number of thioether (sulfide) groups is 1. The van der Waals surface area contributed by atoms with Crippen molar-refractivity contribution < 1.29 is 4.74 Å². The zero-order chi connectivity index (χ0) is 21.3. The lowest BCUT2D eigenvalue weighted by atomic mass is 9.87. The lowest BCUT2D eigenvalue weighted by molar-refractivity contribution is -0.0402. The van der Waals surface area contributed by atoms with Gasteiger partial charge in [0, 0.05) is 17.4 Å². The van der Waals surface area contributed by atoms with Gasteiger partial charge in [-0.05, 0) is 37.5 Å². The van der Waals surface area contributed by atoms with Crippen LogP contribution < -0.4 is 0 Å². The third kappa shape index (κ3) is 4.37. The van der Waals surface area contributed by atoms with Crippen molar-refractivity contribution in [3.63, 3.8) is 0 Å². The molecule has 0 spiro atoms. The molecule has 6 heteroatoms. The highest BCUT2D eigenvalue weighted by atomic mass is 32.2. The Bertz CT molecular complexity index is 1040. The van der Waals surface area contributed by atoms with Crippen molar-refractivity contribution in [1.82, 2.24) is 15.0 Å². The van der Waals surface area contributed by atoms with Gasteiger partial charge >= 0.3 is 0 Å². The third-order valence-electron chi connectivity index (χ3n) is 5.86. The van der Waals surface area contributed by atoms with Crippen LogP contribution in [0.15, 0.2) is 11.4 Å². The van der Waals surface area contributed by atoms with Crippen LogP contribution in [0.2, 0.25) is 0 Å². The van der Waals surface area contributed by atoms with E-state index >= 15 is 0 Å². The first-order valence-corrected chi connectivity index (χ1v) is 13.1. The van der Waals surface area contributed by atoms with Crippen molar-refractivity contribution in [3.8, 4) is 0 Å². The Morgan fingerprint density at radius 1 is 1.13 bits per heavy atom. The Kier molecular flexibility index (Phi) is 6.66. The first-order valence-electron chi connectivity index (χ1n) is 11.3. The number of thiophene rings is 1. The van der Waals surface area contributed by atoms with E-state index in [1.165, 1.54) is 59.0 Å². The molecule has 30 heavy (non-hydrogen) atoms. The molecule has 3 aromatic rings. The summed E-state index contributed by atoms with van der Waals surface area (Å²) in [6, 6.07) is 0. The van der Waals surface area contributed by atoms with Gasteiger partial charge in [0.25, 0.3) is 0 Å². The summed E-state index contributed by atoms with van der Waals surface area (Å²) < 4.78 is 7.36. The second-order valence-corrected chi connectivity index (χ2v) is 11.3. The molecule has 0 unspecified atom stereocenters. The van der Waals surface area contributed by atoms with Crippen LogP contribution in [0.1, 0.15) is 89.5 Å². The van der Waals surface area contributed by atoms with Crippen molar-refractivity contribution in [1.29, 1.82) is 0 Å². The Morgan fingerprint density at radius 3 is 2.70 bits per heavy atom. The molecule has 0 atom stereocenters. The summed E-state index contributed by atoms with van der Waals surface area (Å²) in [6.07, 6.45) is 9.16. The van der Waals surface area contributed by atoms with E-state index in [2.05, 4.69) is 39.6 Å². The molecule has 4 nitrogen and oxygen atoms in total. The standard InChI is InChI=1S/C24H33N3OS2/c1-6-7-8-9-10-11-29-23-21-20(25-14-26-23)18-16-12-24(4,5)28-13-17(16)19(15(2)3)27-22(18)30-21/h14-15H,6-13H2,1-5H3. The Morgan fingerprint density at radius 2 is 1.93 bits per heavy atom. The maximum Gasteiger partial charge on any atom is 0.126 e. The molecule has 1 aliphatic heterocycles. The van der Waals surface area contributed by atoms with E-state index in [0.29, 0.717) is 12.5 Å². The van der Waals surface area contributed by atoms with Crippen molar-refractivity contribution in [2.24, 2.45) is 0 Å². The number of fused-ring (bicyclic) bond motifs is 5. The van der Waals surface area contributed by atoms with Crippen LogP contribution in [-0.4, -0.2) is 26.3 Å². The van der Waals surface area contributed by atoms with Crippen LogP contribution in [0.5, 0.6) is 0 Å². The minimum atomic E-state index is -0.160. The van der Waals surface area contributed by atoms with Crippen LogP contribution in [0.4, 0.5) is 0 Å². The van der Waals surface area contributed by atoms with Crippen LogP contribution in [0, 0.1) is 0 Å². The van der Waals surface area contributed by atoms with Gasteiger partial charge < -0.3 is 4.74 Å². The largest absolute Gasteiger partial charge is 0.370 e. The van der Waals surface area contributed by atoms with Crippen molar-refractivity contribution in [2.45, 2.75) is 96.3 Å². The highest BCUT2D eigenvalue weighted by Crippen LogP contribution is 2.43. The highest BCUT2D eigenvalue weighted by molar-refractivity contribution is 7.99. The minimum Gasteiger partial charge on any atom is -0.370 e. The fourth-order valence-corrected chi connectivity index (χ4v) is 6.51. The number of pyridine rings is 1. The molecule has 4 rings (SSSR count). The van der Waals surface area contributed by atoms with Crippen LogP contribution in [0.25, 0.3) is 20.4 Å². The molecule has 4 heterocycles. The summed E-state index contributed by atoms with van der Waals surface area (Å²) in [5.74, 6) is 1.49. The van der Waals surface area contributed by atoms with E-state index in [9.17, 15) is 0 Å². The van der Waals surface area contributed by atoms with Crippen LogP contribution in [-0.2, 0) is 17.8 Å². The van der Waals surface area contributed by atoms with Gasteiger partial charge in [0.2, 0.25) is 0 Å². The van der Waals surface area contributed by atoms with Crippen molar-refractivity contribution in [3.05, 3.63) is 23.1 Å². The summed E-state index contributed by atoms with van der Waals surface area (Å²) >= 11 is 3.64. The second-order valence-electron chi connectivity index (χ2n) is 9.24. The molecule has 0 bridgehead atoms. The lowest BCUT2D eigenvalue weighted by Crippen LogP contribution is -2.32. The molecule has 0 aliphatic carbocycles. The van der Waals surface area contributed by atoms with Gasteiger partial charge in [0.15, 0.2) is 0 Å². The number of aromatic nitrogens is 3. The molecular weight excluding hydrogens is 410 g/mol. The quantitative estimate of drug-likeness (QED) is 0.208. The maximum absolute atomic E-state index is 6.16.